The Labute approximate surface area is 146 Å². The fraction of sp³-hybridized carbons (Fsp3) is 0.278. The average molecular weight is 340 g/mol. The molecule has 0 aliphatic heterocycles. The molecule has 5 nitrogen and oxygen atoms in total. The molecule has 3 rings (SSSR count). The van der Waals surface area contributed by atoms with Crippen molar-refractivity contribution in [3.8, 4) is 11.4 Å². The van der Waals surface area contributed by atoms with Crippen molar-refractivity contribution in [1.82, 2.24) is 20.0 Å². The minimum absolute atomic E-state index is 0.0307. The quantitative estimate of drug-likeness (QED) is 0.631. The van der Waals surface area contributed by atoms with Crippen molar-refractivity contribution < 1.29 is 4.52 Å². The van der Waals surface area contributed by atoms with E-state index in [-0.39, 0.29) is 6.04 Å². The third-order valence-electron chi connectivity index (χ3n) is 3.97. The summed E-state index contributed by atoms with van der Waals surface area (Å²) >= 11 is 1.75. The molecule has 0 spiro atoms. The maximum atomic E-state index is 5.44. The van der Waals surface area contributed by atoms with E-state index in [2.05, 4.69) is 64.5 Å². The van der Waals surface area contributed by atoms with Crippen LogP contribution in [0.4, 0.5) is 0 Å². The van der Waals surface area contributed by atoms with Crippen LogP contribution in [-0.2, 0) is 6.54 Å². The summed E-state index contributed by atoms with van der Waals surface area (Å²) in [7, 11) is 2.06. The molecule has 0 saturated heterocycles. The second kappa shape index (κ2) is 7.59. The maximum Gasteiger partial charge on any atom is 0.244 e. The van der Waals surface area contributed by atoms with E-state index in [0.29, 0.717) is 11.7 Å². The first kappa shape index (κ1) is 16.7. The summed E-state index contributed by atoms with van der Waals surface area (Å²) in [6.07, 6.45) is 5.54. The largest absolute Gasteiger partial charge is 0.337 e. The van der Waals surface area contributed by atoms with Crippen LogP contribution in [0.3, 0.4) is 0 Å². The molecular weight excluding hydrogens is 320 g/mol. The monoisotopic (exact) mass is 340 g/mol. The predicted octanol–water partition coefficient (Wildman–Crippen LogP) is 4.05. The number of pyridine rings is 1. The van der Waals surface area contributed by atoms with Gasteiger partial charge in [0.05, 0.1) is 6.04 Å². The second-order valence-electron chi connectivity index (χ2n) is 5.64. The van der Waals surface area contributed by atoms with E-state index < -0.39 is 0 Å². The minimum atomic E-state index is 0.0307. The smallest absolute Gasteiger partial charge is 0.244 e. The van der Waals surface area contributed by atoms with Crippen LogP contribution < -0.4 is 0 Å². The zero-order chi connectivity index (χ0) is 16.9. The van der Waals surface area contributed by atoms with Crippen molar-refractivity contribution >= 4 is 11.8 Å². The molecule has 2 heterocycles. The molecule has 0 aliphatic rings. The van der Waals surface area contributed by atoms with Crippen molar-refractivity contribution in [1.29, 1.82) is 0 Å². The summed E-state index contributed by atoms with van der Waals surface area (Å²) < 4.78 is 5.44. The van der Waals surface area contributed by atoms with Crippen molar-refractivity contribution in [3.05, 3.63) is 60.2 Å². The molecule has 0 fully saturated rings. The molecule has 0 unspecified atom stereocenters. The lowest BCUT2D eigenvalue weighted by Crippen LogP contribution is -2.22. The van der Waals surface area contributed by atoms with Crippen molar-refractivity contribution in [2.75, 3.05) is 13.3 Å². The van der Waals surface area contributed by atoms with Gasteiger partial charge in [-0.3, -0.25) is 9.88 Å². The van der Waals surface area contributed by atoms with Gasteiger partial charge in [0.15, 0.2) is 0 Å². The number of hydrogen-bond donors (Lipinski definition) is 0. The molecule has 2 aromatic heterocycles. The number of thioether (sulfide) groups is 1. The summed E-state index contributed by atoms with van der Waals surface area (Å²) in [5.74, 6) is 1.18. The number of hydrogen-bond acceptors (Lipinski definition) is 6. The number of aromatic nitrogens is 3. The Balaban J connectivity index is 1.69. The molecule has 1 aromatic carbocycles. The Hall–Kier alpha value is -2.18. The molecule has 0 aliphatic carbocycles. The van der Waals surface area contributed by atoms with E-state index in [1.807, 2.05) is 12.1 Å². The Morgan fingerprint density at radius 1 is 1.21 bits per heavy atom. The summed E-state index contributed by atoms with van der Waals surface area (Å²) in [6.45, 7) is 2.89. The maximum absolute atomic E-state index is 5.44. The SMILES string of the molecule is CSc1ccc(CN(C)[C@@H](C)c2nc(-c3cccnc3)no2)cc1. The van der Waals surface area contributed by atoms with E-state index in [9.17, 15) is 0 Å². The highest BCUT2D eigenvalue weighted by Gasteiger charge is 2.19. The molecule has 3 aromatic rings. The molecule has 0 radical (unpaired) electrons. The van der Waals surface area contributed by atoms with Crippen LogP contribution in [0.25, 0.3) is 11.4 Å². The molecule has 0 N–H and O–H groups in total. The van der Waals surface area contributed by atoms with Crippen LogP contribution in [0.5, 0.6) is 0 Å². The van der Waals surface area contributed by atoms with Gasteiger partial charge in [0.2, 0.25) is 11.7 Å². The van der Waals surface area contributed by atoms with Gasteiger partial charge in [0.1, 0.15) is 0 Å². The third kappa shape index (κ3) is 3.83. The van der Waals surface area contributed by atoms with Gasteiger partial charge < -0.3 is 4.52 Å². The highest BCUT2D eigenvalue weighted by Crippen LogP contribution is 2.23. The summed E-state index contributed by atoms with van der Waals surface area (Å²) in [5, 5.41) is 4.06. The molecule has 0 saturated carbocycles. The molecule has 6 heteroatoms. The second-order valence-corrected chi connectivity index (χ2v) is 6.52. The van der Waals surface area contributed by atoms with E-state index in [4.69, 9.17) is 4.52 Å². The third-order valence-corrected chi connectivity index (χ3v) is 4.71. The first-order valence-electron chi connectivity index (χ1n) is 7.74. The number of benzene rings is 1. The van der Waals surface area contributed by atoms with Crippen LogP contribution in [0.15, 0.2) is 58.2 Å². The van der Waals surface area contributed by atoms with Crippen LogP contribution >= 0.6 is 11.8 Å². The van der Waals surface area contributed by atoms with Gasteiger partial charge >= 0.3 is 0 Å². The lowest BCUT2D eigenvalue weighted by molar-refractivity contribution is 0.202. The van der Waals surface area contributed by atoms with Gasteiger partial charge in [-0.25, -0.2) is 0 Å². The first-order chi connectivity index (χ1) is 11.7. The van der Waals surface area contributed by atoms with E-state index >= 15 is 0 Å². The van der Waals surface area contributed by atoms with Crippen molar-refractivity contribution in [2.45, 2.75) is 24.4 Å². The average Bonchev–Trinajstić information content (AvgIpc) is 3.12. The topological polar surface area (TPSA) is 55.1 Å². The zero-order valence-corrected chi connectivity index (χ0v) is 14.8. The number of nitrogens with zero attached hydrogens (tertiary/aromatic N) is 4. The molecule has 1 atom stereocenters. The van der Waals surface area contributed by atoms with Gasteiger partial charge in [-0.05, 0) is 50.1 Å². The number of rotatable bonds is 6. The lowest BCUT2D eigenvalue weighted by Gasteiger charge is -2.21. The molecular formula is C18H20N4OS. The van der Waals surface area contributed by atoms with E-state index in [1.54, 1.807) is 24.2 Å². The van der Waals surface area contributed by atoms with Crippen LogP contribution in [-0.4, -0.2) is 33.3 Å². The fourth-order valence-electron chi connectivity index (χ4n) is 2.36. The zero-order valence-electron chi connectivity index (χ0n) is 14.0. The Kier molecular flexibility index (Phi) is 5.27. The van der Waals surface area contributed by atoms with E-state index in [1.165, 1.54) is 10.5 Å². The normalized spacial score (nSPS) is 12.5. The van der Waals surface area contributed by atoms with Crippen molar-refractivity contribution in [2.24, 2.45) is 0 Å². The molecule has 24 heavy (non-hydrogen) atoms. The standard InChI is InChI=1S/C18H20N4OS/c1-13(22(2)12-14-6-8-16(24-3)9-7-14)18-20-17(21-23-18)15-5-4-10-19-11-15/h4-11,13H,12H2,1-3H3/t13-/m0/s1. The van der Waals surface area contributed by atoms with Gasteiger partial charge in [0.25, 0.3) is 0 Å². The fourth-order valence-corrected chi connectivity index (χ4v) is 2.77. The minimum Gasteiger partial charge on any atom is -0.337 e. The van der Waals surface area contributed by atoms with Crippen molar-refractivity contribution in [3.63, 3.8) is 0 Å². The van der Waals surface area contributed by atoms with Crippen LogP contribution in [0.2, 0.25) is 0 Å². The van der Waals surface area contributed by atoms with E-state index in [0.717, 1.165) is 12.1 Å². The van der Waals surface area contributed by atoms with Crippen LogP contribution in [0.1, 0.15) is 24.4 Å². The highest BCUT2D eigenvalue weighted by atomic mass is 32.2. The lowest BCUT2D eigenvalue weighted by atomic mass is 10.2. The Morgan fingerprint density at radius 3 is 2.67 bits per heavy atom. The highest BCUT2D eigenvalue weighted by molar-refractivity contribution is 7.98. The Bertz CT molecular complexity index is 773. The summed E-state index contributed by atoms with van der Waals surface area (Å²) in [4.78, 5) is 12.1. The van der Waals surface area contributed by atoms with Gasteiger partial charge in [-0.2, -0.15) is 4.98 Å². The van der Waals surface area contributed by atoms with Gasteiger partial charge in [-0.15, -0.1) is 11.8 Å². The Morgan fingerprint density at radius 2 is 2.00 bits per heavy atom. The van der Waals surface area contributed by atoms with Gasteiger partial charge in [0, 0.05) is 29.4 Å². The summed E-state index contributed by atoms with van der Waals surface area (Å²) in [5.41, 5.74) is 2.11. The molecule has 0 amide bonds. The first-order valence-corrected chi connectivity index (χ1v) is 8.97. The van der Waals surface area contributed by atoms with Crippen LogP contribution in [0, 0.1) is 0 Å². The molecule has 124 valence electrons. The predicted molar refractivity (Wildman–Crippen MR) is 95.6 cm³/mol. The van der Waals surface area contributed by atoms with Gasteiger partial charge in [-0.1, -0.05) is 17.3 Å². The summed E-state index contributed by atoms with van der Waals surface area (Å²) in [6, 6.07) is 12.4. The molecule has 0 bridgehead atoms.